The van der Waals surface area contributed by atoms with E-state index in [0.29, 0.717) is 24.3 Å². The van der Waals surface area contributed by atoms with Crippen molar-refractivity contribution >= 4 is 34.8 Å². The standard InChI is InChI=1S/C20H19F2N3O3/c1-12-5-7-14(11-17(12)25-9-3-2-4-18(25)26)23-19(27)20(28)24-16-10-13(21)6-8-15(16)22/h5-8,10-11H,2-4,9H2,1H3,(H,23,27)(H,24,28). The van der Waals surface area contributed by atoms with Crippen molar-refractivity contribution in [1.82, 2.24) is 0 Å². The Morgan fingerprint density at radius 3 is 2.50 bits per heavy atom. The van der Waals surface area contributed by atoms with Crippen LogP contribution in [0.1, 0.15) is 24.8 Å². The Kier molecular flexibility index (Phi) is 5.67. The van der Waals surface area contributed by atoms with Crippen molar-refractivity contribution in [3.05, 3.63) is 53.6 Å². The van der Waals surface area contributed by atoms with Gasteiger partial charge >= 0.3 is 11.8 Å². The van der Waals surface area contributed by atoms with Crippen LogP contribution >= 0.6 is 0 Å². The van der Waals surface area contributed by atoms with E-state index in [1.165, 1.54) is 0 Å². The van der Waals surface area contributed by atoms with E-state index < -0.39 is 29.1 Å². The second-order valence-corrected chi connectivity index (χ2v) is 6.54. The van der Waals surface area contributed by atoms with E-state index >= 15 is 0 Å². The summed E-state index contributed by atoms with van der Waals surface area (Å²) >= 11 is 0. The highest BCUT2D eigenvalue weighted by atomic mass is 19.1. The van der Waals surface area contributed by atoms with Gasteiger partial charge in [0.05, 0.1) is 5.69 Å². The molecule has 1 fully saturated rings. The number of nitrogens with one attached hydrogen (secondary N) is 2. The molecule has 0 bridgehead atoms. The summed E-state index contributed by atoms with van der Waals surface area (Å²) < 4.78 is 26.8. The maximum absolute atomic E-state index is 13.6. The maximum Gasteiger partial charge on any atom is 0.314 e. The van der Waals surface area contributed by atoms with Gasteiger partial charge in [-0.25, -0.2) is 8.78 Å². The van der Waals surface area contributed by atoms with Gasteiger partial charge in [0, 0.05) is 30.4 Å². The largest absolute Gasteiger partial charge is 0.318 e. The number of benzene rings is 2. The summed E-state index contributed by atoms with van der Waals surface area (Å²) in [7, 11) is 0. The first-order chi connectivity index (χ1) is 13.3. The lowest BCUT2D eigenvalue weighted by atomic mass is 10.1. The topological polar surface area (TPSA) is 78.5 Å². The van der Waals surface area contributed by atoms with Crippen molar-refractivity contribution in [1.29, 1.82) is 0 Å². The van der Waals surface area contributed by atoms with Crippen LogP contribution < -0.4 is 15.5 Å². The van der Waals surface area contributed by atoms with Crippen LogP contribution in [-0.2, 0) is 14.4 Å². The summed E-state index contributed by atoms with van der Waals surface area (Å²) in [6.07, 6.45) is 2.21. The van der Waals surface area contributed by atoms with Crippen molar-refractivity contribution in [3.63, 3.8) is 0 Å². The number of piperidine rings is 1. The van der Waals surface area contributed by atoms with E-state index in [-0.39, 0.29) is 5.91 Å². The number of hydrogen-bond donors (Lipinski definition) is 2. The van der Waals surface area contributed by atoms with Crippen molar-refractivity contribution in [2.45, 2.75) is 26.2 Å². The number of carbonyl (C=O) groups is 3. The molecule has 1 aliphatic rings. The fraction of sp³-hybridized carbons (Fsp3) is 0.250. The van der Waals surface area contributed by atoms with Crippen LogP contribution in [0.2, 0.25) is 0 Å². The highest BCUT2D eigenvalue weighted by Gasteiger charge is 2.22. The molecule has 0 atom stereocenters. The molecule has 2 aromatic carbocycles. The average molecular weight is 387 g/mol. The number of rotatable bonds is 3. The smallest absolute Gasteiger partial charge is 0.314 e. The number of hydrogen-bond acceptors (Lipinski definition) is 3. The van der Waals surface area contributed by atoms with Crippen LogP contribution in [0.25, 0.3) is 0 Å². The second-order valence-electron chi connectivity index (χ2n) is 6.54. The first-order valence-electron chi connectivity index (χ1n) is 8.83. The molecule has 0 radical (unpaired) electrons. The zero-order valence-electron chi connectivity index (χ0n) is 15.2. The van der Waals surface area contributed by atoms with Crippen LogP contribution in [0, 0.1) is 18.6 Å². The minimum absolute atomic E-state index is 0.0112. The lowest BCUT2D eigenvalue weighted by molar-refractivity contribution is -0.133. The van der Waals surface area contributed by atoms with Gasteiger partial charge in [0.15, 0.2) is 0 Å². The van der Waals surface area contributed by atoms with Crippen LogP contribution in [0.5, 0.6) is 0 Å². The molecular formula is C20H19F2N3O3. The Morgan fingerprint density at radius 2 is 1.75 bits per heavy atom. The first-order valence-corrected chi connectivity index (χ1v) is 8.83. The molecule has 8 heteroatoms. The number of amides is 3. The van der Waals surface area contributed by atoms with E-state index in [2.05, 4.69) is 5.32 Å². The van der Waals surface area contributed by atoms with Gasteiger partial charge in [-0.2, -0.15) is 0 Å². The fourth-order valence-corrected chi connectivity index (χ4v) is 3.00. The molecule has 2 N–H and O–H groups in total. The van der Waals surface area contributed by atoms with Gasteiger partial charge in [-0.15, -0.1) is 0 Å². The lowest BCUT2D eigenvalue weighted by Crippen LogP contribution is -2.35. The molecule has 28 heavy (non-hydrogen) atoms. The van der Waals surface area contributed by atoms with Crippen LogP contribution in [0.15, 0.2) is 36.4 Å². The predicted octanol–water partition coefficient (Wildman–Crippen LogP) is 3.37. The number of nitrogens with zero attached hydrogens (tertiary/aromatic N) is 1. The molecule has 0 aliphatic carbocycles. The van der Waals surface area contributed by atoms with Gasteiger partial charge in [0.25, 0.3) is 0 Å². The molecule has 6 nitrogen and oxygen atoms in total. The molecule has 0 saturated carbocycles. The number of halogens is 2. The maximum atomic E-state index is 13.6. The van der Waals surface area contributed by atoms with Gasteiger partial charge in [-0.05, 0) is 49.6 Å². The summed E-state index contributed by atoms with van der Waals surface area (Å²) in [5.74, 6) is -3.77. The third-order valence-corrected chi connectivity index (χ3v) is 4.46. The van der Waals surface area contributed by atoms with E-state index in [9.17, 15) is 23.2 Å². The van der Waals surface area contributed by atoms with Crippen molar-refractivity contribution in [3.8, 4) is 0 Å². The van der Waals surface area contributed by atoms with E-state index in [1.54, 1.807) is 23.1 Å². The highest BCUT2D eigenvalue weighted by Crippen LogP contribution is 2.27. The van der Waals surface area contributed by atoms with Gasteiger partial charge in [-0.3, -0.25) is 14.4 Å². The lowest BCUT2D eigenvalue weighted by Gasteiger charge is -2.28. The first kappa shape index (κ1) is 19.5. The Morgan fingerprint density at radius 1 is 1.00 bits per heavy atom. The Bertz CT molecular complexity index is 946. The van der Waals surface area contributed by atoms with Crippen LogP contribution in [-0.4, -0.2) is 24.3 Å². The molecule has 0 aromatic heterocycles. The summed E-state index contributed by atoms with van der Waals surface area (Å²) in [6, 6.07) is 7.49. The SMILES string of the molecule is Cc1ccc(NC(=O)C(=O)Nc2cc(F)ccc2F)cc1N1CCCCC1=O. The quantitative estimate of drug-likeness (QED) is 0.793. The van der Waals surface area contributed by atoms with Gasteiger partial charge in [0.2, 0.25) is 5.91 Å². The summed E-state index contributed by atoms with van der Waals surface area (Å²) in [5.41, 5.74) is 1.42. The molecule has 0 unspecified atom stereocenters. The summed E-state index contributed by atoms with van der Waals surface area (Å²) in [5, 5.41) is 4.45. The molecule has 3 rings (SSSR count). The Hall–Kier alpha value is -3.29. The summed E-state index contributed by atoms with van der Waals surface area (Å²) in [4.78, 5) is 38.0. The average Bonchev–Trinajstić information content (AvgIpc) is 2.66. The second kappa shape index (κ2) is 8.16. The molecule has 1 heterocycles. The zero-order valence-corrected chi connectivity index (χ0v) is 15.2. The molecule has 3 amide bonds. The Labute approximate surface area is 160 Å². The van der Waals surface area contributed by atoms with Gasteiger partial charge in [-0.1, -0.05) is 6.07 Å². The van der Waals surface area contributed by atoms with Crippen LogP contribution in [0.4, 0.5) is 25.8 Å². The molecule has 1 aliphatic heterocycles. The third-order valence-electron chi connectivity index (χ3n) is 4.46. The van der Waals surface area contributed by atoms with E-state index in [1.807, 2.05) is 12.2 Å². The number of anilines is 3. The molecule has 0 spiro atoms. The Balaban J connectivity index is 1.73. The molecule has 146 valence electrons. The molecule has 2 aromatic rings. The van der Waals surface area contributed by atoms with E-state index in [4.69, 9.17) is 0 Å². The van der Waals surface area contributed by atoms with Crippen molar-refractivity contribution < 1.29 is 23.2 Å². The van der Waals surface area contributed by atoms with Crippen molar-refractivity contribution in [2.24, 2.45) is 0 Å². The van der Waals surface area contributed by atoms with Crippen LogP contribution in [0.3, 0.4) is 0 Å². The summed E-state index contributed by atoms with van der Waals surface area (Å²) in [6.45, 7) is 2.44. The third kappa shape index (κ3) is 4.33. The van der Waals surface area contributed by atoms with Crippen molar-refractivity contribution in [2.75, 3.05) is 22.1 Å². The van der Waals surface area contributed by atoms with E-state index in [0.717, 1.165) is 36.6 Å². The van der Waals surface area contributed by atoms with Gasteiger partial charge in [0.1, 0.15) is 11.6 Å². The van der Waals surface area contributed by atoms with Gasteiger partial charge < -0.3 is 15.5 Å². The zero-order chi connectivity index (χ0) is 20.3. The predicted molar refractivity (Wildman–Crippen MR) is 101 cm³/mol. The number of aryl methyl sites for hydroxylation is 1. The fourth-order valence-electron chi connectivity index (χ4n) is 3.00. The normalized spacial score (nSPS) is 14.0. The minimum Gasteiger partial charge on any atom is -0.318 e. The minimum atomic E-state index is -1.14. The molecule has 1 saturated heterocycles. The molecular weight excluding hydrogens is 368 g/mol. The number of carbonyl (C=O) groups excluding carboxylic acids is 3. The monoisotopic (exact) mass is 387 g/mol. The highest BCUT2D eigenvalue weighted by molar-refractivity contribution is 6.43.